The molecule has 80 valence electrons. The van der Waals surface area contributed by atoms with Gasteiger partial charge in [0.05, 0.1) is 6.26 Å². The lowest BCUT2D eigenvalue weighted by molar-refractivity contribution is 0.439. The zero-order valence-corrected chi connectivity index (χ0v) is 8.73. The second kappa shape index (κ2) is 3.13. The molecule has 0 unspecified atom stereocenters. The van der Waals surface area contributed by atoms with Crippen molar-refractivity contribution in [2.24, 2.45) is 0 Å². The van der Waals surface area contributed by atoms with Gasteiger partial charge < -0.3 is 14.7 Å². The van der Waals surface area contributed by atoms with Crippen molar-refractivity contribution in [3.05, 3.63) is 36.1 Å². The Kier molecular flexibility index (Phi) is 1.77. The Balaban J connectivity index is 2.34. The molecule has 1 aromatic carbocycles. The van der Waals surface area contributed by atoms with Gasteiger partial charge in [0.15, 0.2) is 0 Å². The molecule has 0 saturated carbocycles. The maximum Gasteiger partial charge on any atom is 0.222 e. The zero-order chi connectivity index (χ0) is 11.1. The molecule has 0 amide bonds. The van der Waals surface area contributed by atoms with E-state index in [0.717, 1.165) is 27.8 Å². The van der Waals surface area contributed by atoms with Gasteiger partial charge in [0.2, 0.25) is 5.88 Å². The highest BCUT2D eigenvalue weighted by Gasteiger charge is 2.12. The Bertz CT molecular complexity index is 652. The number of nitrogen functional groups attached to an aromatic ring is 1. The molecule has 16 heavy (non-hydrogen) atoms. The minimum Gasteiger partial charge on any atom is -0.464 e. The van der Waals surface area contributed by atoms with Crippen LogP contribution in [0.3, 0.4) is 0 Å². The van der Waals surface area contributed by atoms with Gasteiger partial charge in [-0.1, -0.05) is 17.3 Å². The van der Waals surface area contributed by atoms with Crippen molar-refractivity contribution < 1.29 is 8.94 Å². The highest BCUT2D eigenvalue weighted by atomic mass is 16.5. The van der Waals surface area contributed by atoms with E-state index in [9.17, 15) is 0 Å². The molecule has 2 heterocycles. The van der Waals surface area contributed by atoms with Crippen LogP contribution < -0.4 is 5.73 Å². The van der Waals surface area contributed by atoms with Gasteiger partial charge in [-0.05, 0) is 18.6 Å². The summed E-state index contributed by atoms with van der Waals surface area (Å²) in [6.45, 7) is 2.00. The molecule has 2 N–H and O–H groups in total. The summed E-state index contributed by atoms with van der Waals surface area (Å²) in [4.78, 5) is 0. The number of hydrogen-bond donors (Lipinski definition) is 1. The fourth-order valence-corrected chi connectivity index (χ4v) is 1.88. The van der Waals surface area contributed by atoms with Gasteiger partial charge >= 0.3 is 0 Å². The van der Waals surface area contributed by atoms with Crippen molar-refractivity contribution in [1.82, 2.24) is 5.16 Å². The quantitative estimate of drug-likeness (QED) is 0.676. The van der Waals surface area contributed by atoms with Crippen LogP contribution in [0.25, 0.3) is 22.2 Å². The minimum absolute atomic E-state index is 0.313. The third kappa shape index (κ3) is 1.20. The number of aryl methyl sites for hydroxylation is 1. The van der Waals surface area contributed by atoms with Crippen LogP contribution in [0.1, 0.15) is 5.56 Å². The lowest BCUT2D eigenvalue weighted by atomic mass is 10.0. The van der Waals surface area contributed by atoms with E-state index in [1.807, 2.05) is 25.1 Å². The molecule has 0 aliphatic heterocycles. The summed E-state index contributed by atoms with van der Waals surface area (Å²) < 4.78 is 10.3. The predicted octanol–water partition coefficient (Wildman–Crippen LogP) is 2.98. The van der Waals surface area contributed by atoms with Gasteiger partial charge in [0.25, 0.3) is 0 Å². The van der Waals surface area contributed by atoms with E-state index < -0.39 is 0 Å². The van der Waals surface area contributed by atoms with E-state index in [2.05, 4.69) is 5.16 Å². The molecule has 0 bridgehead atoms. The molecule has 4 heteroatoms. The maximum absolute atomic E-state index is 5.52. The first-order valence-corrected chi connectivity index (χ1v) is 4.95. The molecule has 0 fully saturated rings. The van der Waals surface area contributed by atoms with Crippen molar-refractivity contribution in [2.75, 3.05) is 5.73 Å². The Morgan fingerprint density at radius 2 is 2.19 bits per heavy atom. The van der Waals surface area contributed by atoms with E-state index in [1.165, 1.54) is 0 Å². The molecule has 0 aliphatic rings. The highest BCUT2D eigenvalue weighted by Crippen LogP contribution is 2.31. The molecule has 0 atom stereocenters. The fraction of sp³-hybridized carbons (Fsp3) is 0.0833. The summed E-state index contributed by atoms with van der Waals surface area (Å²) in [5, 5.41) is 4.97. The maximum atomic E-state index is 5.52. The molecule has 3 rings (SSSR count). The van der Waals surface area contributed by atoms with Crippen molar-refractivity contribution in [3.63, 3.8) is 0 Å². The van der Waals surface area contributed by atoms with Crippen LogP contribution >= 0.6 is 0 Å². The predicted molar refractivity (Wildman–Crippen MR) is 60.9 cm³/mol. The Labute approximate surface area is 91.6 Å². The van der Waals surface area contributed by atoms with Crippen LogP contribution in [0.5, 0.6) is 0 Å². The van der Waals surface area contributed by atoms with Crippen molar-refractivity contribution in [2.45, 2.75) is 6.92 Å². The number of rotatable bonds is 1. The third-order valence-electron chi connectivity index (χ3n) is 2.59. The average molecular weight is 214 g/mol. The number of furan rings is 1. The lowest BCUT2D eigenvalue weighted by Crippen LogP contribution is -1.80. The summed E-state index contributed by atoms with van der Waals surface area (Å²) in [5.41, 5.74) is 9.15. The number of nitrogens with zero attached hydrogens (tertiary/aromatic N) is 1. The van der Waals surface area contributed by atoms with Crippen LogP contribution in [0.4, 0.5) is 5.88 Å². The summed E-state index contributed by atoms with van der Waals surface area (Å²) in [5.74, 6) is 0.313. The Morgan fingerprint density at radius 3 is 2.94 bits per heavy atom. The number of fused-ring (bicyclic) bond motifs is 1. The van der Waals surface area contributed by atoms with Gasteiger partial charge in [0, 0.05) is 17.0 Å². The van der Waals surface area contributed by atoms with Crippen LogP contribution in [0, 0.1) is 6.92 Å². The van der Waals surface area contributed by atoms with Gasteiger partial charge in [0.1, 0.15) is 11.3 Å². The van der Waals surface area contributed by atoms with Crippen molar-refractivity contribution >= 4 is 16.9 Å². The summed E-state index contributed by atoms with van der Waals surface area (Å²) >= 11 is 0. The summed E-state index contributed by atoms with van der Waals surface area (Å²) in [6, 6.07) is 7.53. The Morgan fingerprint density at radius 1 is 1.31 bits per heavy atom. The monoisotopic (exact) mass is 214 g/mol. The smallest absolute Gasteiger partial charge is 0.222 e. The SMILES string of the molecule is Cc1coc2cccc(-c3cc(N)on3)c12. The third-order valence-corrected chi connectivity index (χ3v) is 2.59. The number of aromatic nitrogens is 1. The van der Waals surface area contributed by atoms with E-state index in [0.29, 0.717) is 5.88 Å². The first-order valence-electron chi connectivity index (χ1n) is 4.95. The molecule has 2 aromatic heterocycles. The molecule has 3 aromatic rings. The fourth-order valence-electron chi connectivity index (χ4n) is 1.88. The molecule has 4 nitrogen and oxygen atoms in total. The van der Waals surface area contributed by atoms with Crippen LogP contribution in [-0.4, -0.2) is 5.16 Å². The van der Waals surface area contributed by atoms with Crippen LogP contribution in [0.15, 0.2) is 39.5 Å². The van der Waals surface area contributed by atoms with Crippen molar-refractivity contribution in [1.29, 1.82) is 0 Å². The standard InChI is InChI=1S/C12H10N2O2/c1-7-6-15-10-4-2-3-8(12(7)10)9-5-11(13)16-14-9/h2-6H,13H2,1H3. The number of nitrogens with two attached hydrogens (primary N) is 1. The lowest BCUT2D eigenvalue weighted by Gasteiger charge is -1.98. The normalized spacial score (nSPS) is 11.1. The van der Waals surface area contributed by atoms with E-state index >= 15 is 0 Å². The van der Waals surface area contributed by atoms with Crippen molar-refractivity contribution in [3.8, 4) is 11.3 Å². The average Bonchev–Trinajstić information content (AvgIpc) is 2.86. The first kappa shape index (κ1) is 9.03. The molecular formula is C12H10N2O2. The number of benzene rings is 1. The van der Waals surface area contributed by atoms with Crippen LogP contribution in [0.2, 0.25) is 0 Å². The Hall–Kier alpha value is -2.23. The number of hydrogen-bond acceptors (Lipinski definition) is 4. The largest absolute Gasteiger partial charge is 0.464 e. The van der Waals surface area contributed by atoms with Gasteiger partial charge in [-0.25, -0.2) is 0 Å². The van der Waals surface area contributed by atoms with E-state index in [4.69, 9.17) is 14.7 Å². The molecular weight excluding hydrogens is 204 g/mol. The van der Waals surface area contributed by atoms with Gasteiger partial charge in [-0.2, -0.15) is 0 Å². The second-order valence-corrected chi connectivity index (χ2v) is 3.71. The summed E-state index contributed by atoms with van der Waals surface area (Å²) in [6.07, 6.45) is 1.73. The summed E-state index contributed by atoms with van der Waals surface area (Å²) in [7, 11) is 0. The van der Waals surface area contributed by atoms with E-state index in [-0.39, 0.29) is 0 Å². The van der Waals surface area contributed by atoms with E-state index in [1.54, 1.807) is 12.3 Å². The minimum atomic E-state index is 0.313. The zero-order valence-electron chi connectivity index (χ0n) is 8.73. The number of anilines is 1. The first-order chi connectivity index (χ1) is 7.75. The topological polar surface area (TPSA) is 65.2 Å². The van der Waals surface area contributed by atoms with Crippen LogP contribution in [-0.2, 0) is 0 Å². The second-order valence-electron chi connectivity index (χ2n) is 3.71. The highest BCUT2D eigenvalue weighted by molar-refractivity contribution is 5.95. The molecule has 0 saturated heterocycles. The molecule has 0 aliphatic carbocycles. The molecule has 0 radical (unpaired) electrons. The van der Waals surface area contributed by atoms with Gasteiger partial charge in [-0.3, -0.25) is 0 Å². The molecule has 0 spiro atoms. The van der Waals surface area contributed by atoms with Gasteiger partial charge in [-0.15, -0.1) is 0 Å².